The van der Waals surface area contributed by atoms with E-state index in [-0.39, 0.29) is 6.61 Å². The molecule has 0 radical (unpaired) electrons. The van der Waals surface area contributed by atoms with Crippen molar-refractivity contribution in [1.82, 2.24) is 9.97 Å². The van der Waals surface area contributed by atoms with Gasteiger partial charge < -0.3 is 5.11 Å². The van der Waals surface area contributed by atoms with Gasteiger partial charge in [0.15, 0.2) is 0 Å². The predicted molar refractivity (Wildman–Crippen MR) is 57.3 cm³/mol. The quantitative estimate of drug-likeness (QED) is 0.613. The number of aromatic nitrogens is 2. The Kier molecular flexibility index (Phi) is 2.96. The maximum Gasteiger partial charge on any atom is 0.117 e. The molecule has 4 heteroatoms. The van der Waals surface area contributed by atoms with Crippen molar-refractivity contribution in [2.45, 2.75) is 5.03 Å². The van der Waals surface area contributed by atoms with Crippen molar-refractivity contribution in [3.05, 3.63) is 30.6 Å². The van der Waals surface area contributed by atoms with E-state index in [9.17, 15) is 0 Å². The van der Waals surface area contributed by atoms with Crippen molar-refractivity contribution >= 4 is 22.7 Å². The van der Waals surface area contributed by atoms with Gasteiger partial charge in [0.1, 0.15) is 11.4 Å². The number of rotatable bonds is 3. The summed E-state index contributed by atoms with van der Waals surface area (Å²) in [4.78, 5) is 8.35. The third-order valence-corrected chi connectivity index (χ3v) is 2.82. The third-order valence-electron chi connectivity index (χ3n) is 1.84. The molecule has 0 atom stereocenters. The van der Waals surface area contributed by atoms with Crippen molar-refractivity contribution in [1.29, 1.82) is 0 Å². The van der Waals surface area contributed by atoms with Gasteiger partial charge in [-0.2, -0.15) is 0 Å². The zero-order chi connectivity index (χ0) is 9.80. The molecule has 0 aliphatic heterocycles. The molecule has 0 spiro atoms. The van der Waals surface area contributed by atoms with Gasteiger partial charge in [0, 0.05) is 11.1 Å². The van der Waals surface area contributed by atoms with E-state index in [1.165, 1.54) is 0 Å². The Bertz CT molecular complexity index is 428. The lowest BCUT2D eigenvalue weighted by atomic mass is 10.2. The summed E-state index contributed by atoms with van der Waals surface area (Å²) in [6.45, 7) is 0.170. The number of benzene rings is 1. The molecule has 0 aliphatic carbocycles. The van der Waals surface area contributed by atoms with Gasteiger partial charge in [-0.15, -0.1) is 11.8 Å². The first kappa shape index (κ1) is 9.43. The fourth-order valence-electron chi connectivity index (χ4n) is 1.24. The molecule has 0 saturated heterocycles. The zero-order valence-electron chi connectivity index (χ0n) is 7.55. The number of para-hydroxylation sites is 1. The van der Waals surface area contributed by atoms with E-state index in [2.05, 4.69) is 9.97 Å². The SMILES string of the molecule is OCCSc1ncnc2ccccc12. The van der Waals surface area contributed by atoms with Crippen LogP contribution in [0.4, 0.5) is 0 Å². The van der Waals surface area contributed by atoms with Crippen LogP contribution in [0.2, 0.25) is 0 Å². The number of aliphatic hydroxyl groups is 1. The summed E-state index contributed by atoms with van der Waals surface area (Å²) in [5.41, 5.74) is 0.947. The molecule has 1 N–H and O–H groups in total. The van der Waals surface area contributed by atoms with Crippen LogP contribution in [0.25, 0.3) is 10.9 Å². The Balaban J connectivity index is 2.43. The fraction of sp³-hybridized carbons (Fsp3) is 0.200. The summed E-state index contributed by atoms with van der Waals surface area (Å²) < 4.78 is 0. The van der Waals surface area contributed by atoms with Gasteiger partial charge >= 0.3 is 0 Å². The van der Waals surface area contributed by atoms with Crippen LogP contribution in [0.5, 0.6) is 0 Å². The number of fused-ring (bicyclic) bond motifs is 1. The molecule has 3 nitrogen and oxygen atoms in total. The zero-order valence-corrected chi connectivity index (χ0v) is 8.37. The highest BCUT2D eigenvalue weighted by atomic mass is 32.2. The van der Waals surface area contributed by atoms with E-state index in [1.54, 1.807) is 18.1 Å². The summed E-state index contributed by atoms with van der Waals surface area (Å²) in [5.74, 6) is 0.668. The molecule has 1 heterocycles. The number of hydrogen-bond acceptors (Lipinski definition) is 4. The van der Waals surface area contributed by atoms with Gasteiger partial charge in [-0.1, -0.05) is 18.2 Å². The van der Waals surface area contributed by atoms with Crippen molar-refractivity contribution in [2.75, 3.05) is 12.4 Å². The highest BCUT2D eigenvalue weighted by molar-refractivity contribution is 7.99. The molecule has 0 fully saturated rings. The van der Waals surface area contributed by atoms with Gasteiger partial charge in [-0.25, -0.2) is 9.97 Å². The molecular weight excluding hydrogens is 196 g/mol. The number of hydrogen-bond donors (Lipinski definition) is 1. The lowest BCUT2D eigenvalue weighted by Gasteiger charge is -2.02. The van der Waals surface area contributed by atoms with Gasteiger partial charge in [0.2, 0.25) is 0 Å². The number of aliphatic hydroxyl groups excluding tert-OH is 1. The average Bonchev–Trinajstić information content (AvgIpc) is 2.26. The first-order valence-electron chi connectivity index (χ1n) is 4.35. The highest BCUT2D eigenvalue weighted by Gasteiger charge is 2.02. The average molecular weight is 206 g/mol. The van der Waals surface area contributed by atoms with Crippen LogP contribution in [-0.2, 0) is 0 Å². The fourth-order valence-corrected chi connectivity index (χ4v) is 1.97. The molecule has 1 aromatic heterocycles. The maximum atomic E-state index is 8.74. The molecule has 1 aromatic carbocycles. The number of thioether (sulfide) groups is 1. The van der Waals surface area contributed by atoms with E-state index < -0.39 is 0 Å². The van der Waals surface area contributed by atoms with E-state index in [0.717, 1.165) is 15.9 Å². The Morgan fingerprint density at radius 1 is 1.21 bits per heavy atom. The van der Waals surface area contributed by atoms with Crippen LogP contribution in [0, 0.1) is 0 Å². The molecule has 0 saturated carbocycles. The molecule has 0 amide bonds. The van der Waals surface area contributed by atoms with Crippen LogP contribution in [0.15, 0.2) is 35.6 Å². The molecule has 14 heavy (non-hydrogen) atoms. The number of nitrogens with zero attached hydrogens (tertiary/aromatic N) is 2. The Morgan fingerprint density at radius 3 is 2.93 bits per heavy atom. The minimum atomic E-state index is 0.170. The molecule has 72 valence electrons. The monoisotopic (exact) mass is 206 g/mol. The van der Waals surface area contributed by atoms with Crippen LogP contribution in [-0.4, -0.2) is 27.4 Å². The summed E-state index contributed by atoms with van der Waals surface area (Å²) in [7, 11) is 0. The Hall–Kier alpha value is -1.13. The van der Waals surface area contributed by atoms with Crippen molar-refractivity contribution in [3.63, 3.8) is 0 Å². The first-order valence-corrected chi connectivity index (χ1v) is 5.34. The summed E-state index contributed by atoms with van der Waals surface area (Å²) in [5, 5.41) is 10.7. The molecule has 2 aromatic rings. The predicted octanol–water partition coefficient (Wildman–Crippen LogP) is 1.71. The second-order valence-corrected chi connectivity index (χ2v) is 3.85. The summed E-state index contributed by atoms with van der Waals surface area (Å²) in [6.07, 6.45) is 1.56. The minimum absolute atomic E-state index is 0.170. The van der Waals surface area contributed by atoms with Crippen molar-refractivity contribution in [3.8, 4) is 0 Å². The van der Waals surface area contributed by atoms with Gasteiger partial charge in [-0.05, 0) is 6.07 Å². The standard InChI is InChI=1S/C10H10N2OS/c13-5-6-14-10-8-3-1-2-4-9(8)11-7-12-10/h1-4,7,13H,5-6H2. The topological polar surface area (TPSA) is 46.0 Å². The summed E-state index contributed by atoms with van der Waals surface area (Å²) >= 11 is 1.55. The normalized spacial score (nSPS) is 10.6. The lowest BCUT2D eigenvalue weighted by Crippen LogP contribution is -1.90. The molecule has 2 rings (SSSR count). The largest absolute Gasteiger partial charge is 0.396 e. The second kappa shape index (κ2) is 4.39. The van der Waals surface area contributed by atoms with Gasteiger partial charge in [0.25, 0.3) is 0 Å². The minimum Gasteiger partial charge on any atom is -0.396 e. The van der Waals surface area contributed by atoms with E-state index in [4.69, 9.17) is 5.11 Å². The van der Waals surface area contributed by atoms with Crippen LogP contribution in [0.1, 0.15) is 0 Å². The smallest absolute Gasteiger partial charge is 0.117 e. The molecule has 0 unspecified atom stereocenters. The third kappa shape index (κ3) is 1.86. The van der Waals surface area contributed by atoms with E-state index >= 15 is 0 Å². The van der Waals surface area contributed by atoms with Gasteiger partial charge in [0.05, 0.1) is 12.1 Å². The summed E-state index contributed by atoms with van der Waals surface area (Å²) in [6, 6.07) is 7.87. The first-order chi connectivity index (χ1) is 6.92. The maximum absolute atomic E-state index is 8.74. The van der Waals surface area contributed by atoms with Crippen LogP contribution >= 0.6 is 11.8 Å². The molecule has 0 bridgehead atoms. The highest BCUT2D eigenvalue weighted by Crippen LogP contribution is 2.23. The van der Waals surface area contributed by atoms with Crippen LogP contribution < -0.4 is 0 Å². The molecule has 0 aliphatic rings. The Labute approximate surface area is 86.2 Å². The molecular formula is C10H10N2OS. The van der Waals surface area contributed by atoms with Crippen molar-refractivity contribution in [2.24, 2.45) is 0 Å². The Morgan fingerprint density at radius 2 is 2.07 bits per heavy atom. The lowest BCUT2D eigenvalue weighted by molar-refractivity contribution is 0.322. The second-order valence-electron chi connectivity index (χ2n) is 2.77. The van der Waals surface area contributed by atoms with Crippen LogP contribution in [0.3, 0.4) is 0 Å². The van der Waals surface area contributed by atoms with Crippen molar-refractivity contribution < 1.29 is 5.11 Å². The van der Waals surface area contributed by atoms with Gasteiger partial charge in [-0.3, -0.25) is 0 Å². The van der Waals surface area contributed by atoms with E-state index in [1.807, 2.05) is 24.3 Å². The van der Waals surface area contributed by atoms with E-state index in [0.29, 0.717) is 5.75 Å².